The lowest BCUT2D eigenvalue weighted by Crippen LogP contribution is -2.25. The smallest absolute Gasteiger partial charge is 0.257 e. The van der Waals surface area contributed by atoms with Gasteiger partial charge in [0.05, 0.1) is 30.1 Å². The van der Waals surface area contributed by atoms with Gasteiger partial charge in [-0.05, 0) is 60.9 Å². The van der Waals surface area contributed by atoms with Crippen LogP contribution in [0.25, 0.3) is 16.3 Å². The zero-order valence-corrected chi connectivity index (χ0v) is 19.3. The molecular formula is C26H24N2O3S. The van der Waals surface area contributed by atoms with E-state index in [1.807, 2.05) is 74.5 Å². The molecule has 0 saturated carbocycles. The van der Waals surface area contributed by atoms with Crippen molar-refractivity contribution in [3.63, 3.8) is 0 Å². The van der Waals surface area contributed by atoms with Crippen molar-refractivity contribution in [1.82, 2.24) is 4.98 Å². The summed E-state index contributed by atoms with van der Waals surface area (Å²) in [6.07, 6.45) is 3.34. The number of thiazole rings is 1. The van der Waals surface area contributed by atoms with E-state index in [-0.39, 0.29) is 5.91 Å². The first-order valence-corrected chi connectivity index (χ1v) is 11.0. The highest BCUT2D eigenvalue weighted by atomic mass is 32.1. The predicted molar refractivity (Wildman–Crippen MR) is 131 cm³/mol. The summed E-state index contributed by atoms with van der Waals surface area (Å²) in [7, 11) is 3.18. The van der Waals surface area contributed by atoms with Crippen LogP contribution >= 0.6 is 11.3 Å². The highest BCUT2D eigenvalue weighted by Crippen LogP contribution is 2.37. The highest BCUT2D eigenvalue weighted by Gasteiger charge is 2.23. The summed E-state index contributed by atoms with van der Waals surface area (Å²) in [4.78, 5) is 20.0. The Morgan fingerprint density at radius 1 is 0.938 bits per heavy atom. The first-order valence-electron chi connectivity index (χ1n) is 10.2. The first-order chi connectivity index (χ1) is 15.5. The molecule has 0 bridgehead atoms. The number of amides is 1. The summed E-state index contributed by atoms with van der Waals surface area (Å²) >= 11 is 1.50. The van der Waals surface area contributed by atoms with Crippen LogP contribution in [-0.4, -0.2) is 25.1 Å². The Morgan fingerprint density at radius 2 is 1.66 bits per heavy atom. The fraction of sp³-hybridized carbons (Fsp3) is 0.154. The van der Waals surface area contributed by atoms with Crippen LogP contribution in [0.4, 0.5) is 10.8 Å². The van der Waals surface area contributed by atoms with E-state index in [1.54, 1.807) is 31.3 Å². The number of para-hydroxylation sites is 2. The molecule has 3 aromatic carbocycles. The Balaban J connectivity index is 1.76. The second-order valence-electron chi connectivity index (χ2n) is 7.33. The number of carbonyl (C=O) groups excluding carboxylic acids is 1. The molecule has 6 heteroatoms. The van der Waals surface area contributed by atoms with Gasteiger partial charge in [-0.15, -0.1) is 0 Å². The third-order valence-electron chi connectivity index (χ3n) is 5.18. The Morgan fingerprint density at radius 3 is 2.34 bits per heavy atom. The summed E-state index contributed by atoms with van der Waals surface area (Å²) in [5, 5.41) is 0.644. The van der Waals surface area contributed by atoms with Crippen molar-refractivity contribution < 1.29 is 14.3 Å². The monoisotopic (exact) mass is 444 g/mol. The molecule has 0 spiro atoms. The van der Waals surface area contributed by atoms with Crippen molar-refractivity contribution in [2.24, 2.45) is 0 Å². The first kappa shape index (κ1) is 21.6. The van der Waals surface area contributed by atoms with Crippen molar-refractivity contribution in [2.45, 2.75) is 13.8 Å². The lowest BCUT2D eigenvalue weighted by atomic mass is 10.1. The maximum absolute atomic E-state index is 13.5. The number of nitrogens with zero attached hydrogens (tertiary/aromatic N) is 2. The number of hydrogen-bond acceptors (Lipinski definition) is 5. The number of benzene rings is 3. The molecule has 0 fully saturated rings. The quantitative estimate of drug-likeness (QED) is 0.327. The lowest BCUT2D eigenvalue weighted by Gasteiger charge is -2.22. The molecule has 32 heavy (non-hydrogen) atoms. The van der Waals surface area contributed by atoms with Crippen molar-refractivity contribution in [2.75, 3.05) is 19.1 Å². The molecule has 162 valence electrons. The molecule has 0 radical (unpaired) electrons. The number of rotatable bonds is 6. The second kappa shape index (κ2) is 9.24. The van der Waals surface area contributed by atoms with Crippen LogP contribution in [0.15, 0.2) is 66.7 Å². The van der Waals surface area contributed by atoms with Gasteiger partial charge in [-0.25, -0.2) is 4.98 Å². The summed E-state index contributed by atoms with van der Waals surface area (Å²) in [6.45, 7) is 4.02. The van der Waals surface area contributed by atoms with Crippen LogP contribution in [-0.2, 0) is 4.79 Å². The molecule has 4 rings (SSSR count). The molecule has 0 unspecified atom stereocenters. The fourth-order valence-electron chi connectivity index (χ4n) is 3.61. The maximum atomic E-state index is 13.5. The summed E-state index contributed by atoms with van der Waals surface area (Å²) in [5.74, 6) is 1.08. The number of aryl methyl sites for hydroxylation is 2. The van der Waals surface area contributed by atoms with Crippen molar-refractivity contribution in [3.8, 4) is 11.5 Å². The molecule has 0 atom stereocenters. The van der Waals surface area contributed by atoms with Gasteiger partial charge in [0.15, 0.2) is 16.6 Å². The number of aromatic nitrogens is 1. The van der Waals surface area contributed by atoms with Gasteiger partial charge in [0.2, 0.25) is 0 Å². The predicted octanol–water partition coefficient (Wildman–Crippen LogP) is 6.31. The minimum atomic E-state index is -0.170. The highest BCUT2D eigenvalue weighted by molar-refractivity contribution is 7.22. The molecule has 4 aromatic rings. The molecule has 0 aliphatic rings. The molecule has 1 aromatic heterocycles. The van der Waals surface area contributed by atoms with E-state index in [2.05, 4.69) is 0 Å². The molecule has 0 N–H and O–H groups in total. The van der Waals surface area contributed by atoms with Crippen LogP contribution in [0.2, 0.25) is 0 Å². The molecule has 1 heterocycles. The molecule has 0 aliphatic carbocycles. The van der Waals surface area contributed by atoms with Gasteiger partial charge in [0.25, 0.3) is 5.91 Å². The third-order valence-corrected chi connectivity index (χ3v) is 6.20. The molecule has 5 nitrogen and oxygen atoms in total. The summed E-state index contributed by atoms with van der Waals surface area (Å²) < 4.78 is 11.7. The minimum absolute atomic E-state index is 0.170. The van der Waals surface area contributed by atoms with Crippen LogP contribution < -0.4 is 14.4 Å². The van der Waals surface area contributed by atoms with Crippen molar-refractivity contribution in [3.05, 3.63) is 83.4 Å². The number of methoxy groups -OCH3 is 2. The van der Waals surface area contributed by atoms with E-state index >= 15 is 0 Å². The Hall–Kier alpha value is -3.64. The standard InChI is InChI=1S/C26H24N2O3S/c1-17-8-7-9-18(2)25(17)28(26-27-20-10-5-6-11-23(20)32-26)24(29)15-13-19-12-14-21(30-3)22(16-19)31-4/h5-16H,1-4H3. The van der Waals surface area contributed by atoms with E-state index in [1.165, 1.54) is 11.3 Å². The largest absolute Gasteiger partial charge is 0.493 e. The lowest BCUT2D eigenvalue weighted by molar-refractivity contribution is -0.113. The Kier molecular flexibility index (Phi) is 6.23. The van der Waals surface area contributed by atoms with Crippen LogP contribution in [0, 0.1) is 13.8 Å². The number of anilines is 2. The zero-order chi connectivity index (χ0) is 22.7. The molecule has 0 aliphatic heterocycles. The van der Waals surface area contributed by atoms with Crippen LogP contribution in [0.5, 0.6) is 11.5 Å². The Labute approximate surface area is 191 Å². The third kappa shape index (κ3) is 4.22. The van der Waals surface area contributed by atoms with E-state index in [0.717, 1.165) is 32.6 Å². The fourth-order valence-corrected chi connectivity index (χ4v) is 4.59. The Bertz CT molecular complexity index is 1260. The van der Waals surface area contributed by atoms with E-state index < -0.39 is 0 Å². The maximum Gasteiger partial charge on any atom is 0.257 e. The van der Waals surface area contributed by atoms with Gasteiger partial charge >= 0.3 is 0 Å². The summed E-state index contributed by atoms with van der Waals surface area (Å²) in [5.41, 5.74) is 4.59. The van der Waals surface area contributed by atoms with E-state index in [9.17, 15) is 4.79 Å². The van der Waals surface area contributed by atoms with Gasteiger partial charge in [0, 0.05) is 6.08 Å². The van der Waals surface area contributed by atoms with Gasteiger partial charge in [-0.3, -0.25) is 9.69 Å². The van der Waals surface area contributed by atoms with Crippen LogP contribution in [0.3, 0.4) is 0 Å². The SMILES string of the molecule is COc1ccc(C=CC(=O)N(c2nc3ccccc3s2)c2c(C)cccc2C)cc1OC. The van der Waals surface area contributed by atoms with Gasteiger partial charge in [-0.1, -0.05) is 47.7 Å². The summed E-state index contributed by atoms with van der Waals surface area (Å²) in [6, 6.07) is 19.5. The van der Waals surface area contributed by atoms with Gasteiger partial charge in [0.1, 0.15) is 0 Å². The average molecular weight is 445 g/mol. The topological polar surface area (TPSA) is 51.7 Å². The van der Waals surface area contributed by atoms with E-state index in [0.29, 0.717) is 16.6 Å². The van der Waals surface area contributed by atoms with Gasteiger partial charge in [-0.2, -0.15) is 0 Å². The molecular weight excluding hydrogens is 420 g/mol. The van der Waals surface area contributed by atoms with Crippen molar-refractivity contribution >= 4 is 44.4 Å². The van der Waals surface area contributed by atoms with Crippen LogP contribution in [0.1, 0.15) is 16.7 Å². The van der Waals surface area contributed by atoms with Gasteiger partial charge < -0.3 is 9.47 Å². The number of hydrogen-bond donors (Lipinski definition) is 0. The molecule has 0 saturated heterocycles. The second-order valence-corrected chi connectivity index (χ2v) is 8.34. The number of fused-ring (bicyclic) bond motifs is 1. The molecule has 1 amide bonds. The minimum Gasteiger partial charge on any atom is -0.493 e. The average Bonchev–Trinajstić information content (AvgIpc) is 3.23. The van der Waals surface area contributed by atoms with E-state index in [4.69, 9.17) is 14.5 Å². The van der Waals surface area contributed by atoms with Crippen molar-refractivity contribution in [1.29, 1.82) is 0 Å². The zero-order valence-electron chi connectivity index (χ0n) is 18.5. The number of carbonyl (C=O) groups is 1. The number of ether oxygens (including phenoxy) is 2. The normalized spacial score (nSPS) is 11.1.